The van der Waals surface area contributed by atoms with Gasteiger partial charge in [-0.3, -0.25) is 9.71 Å². The van der Waals surface area contributed by atoms with Gasteiger partial charge in [-0.25, -0.2) is 8.42 Å². The van der Waals surface area contributed by atoms with Crippen molar-refractivity contribution >= 4 is 15.7 Å². The van der Waals surface area contributed by atoms with Gasteiger partial charge in [0.1, 0.15) is 0 Å². The Labute approximate surface area is 77.1 Å². The quantitative estimate of drug-likeness (QED) is 0.787. The summed E-state index contributed by atoms with van der Waals surface area (Å²) >= 11 is 0. The summed E-state index contributed by atoms with van der Waals surface area (Å²) in [6.07, 6.45) is 4.65. The van der Waals surface area contributed by atoms with E-state index in [1.165, 1.54) is 6.20 Å². The van der Waals surface area contributed by atoms with Crippen LogP contribution in [0.2, 0.25) is 0 Å². The third-order valence-corrected chi connectivity index (χ3v) is 3.75. The first-order chi connectivity index (χ1) is 6.18. The highest BCUT2D eigenvalue weighted by Gasteiger charge is 2.35. The molecule has 0 unspecified atom stereocenters. The molecule has 0 amide bonds. The van der Waals surface area contributed by atoms with Crippen molar-refractivity contribution in [2.75, 3.05) is 4.72 Å². The minimum absolute atomic E-state index is 0.187. The zero-order chi connectivity index (χ0) is 9.31. The summed E-state index contributed by atoms with van der Waals surface area (Å²) in [6.45, 7) is 0. The molecule has 1 saturated carbocycles. The van der Waals surface area contributed by atoms with Crippen molar-refractivity contribution < 1.29 is 8.42 Å². The van der Waals surface area contributed by atoms with Crippen LogP contribution in [0.15, 0.2) is 24.5 Å². The van der Waals surface area contributed by atoms with Crippen molar-refractivity contribution in [1.82, 2.24) is 4.98 Å². The zero-order valence-corrected chi connectivity index (χ0v) is 7.79. The van der Waals surface area contributed by atoms with Crippen molar-refractivity contribution in [2.45, 2.75) is 18.1 Å². The molecule has 0 saturated heterocycles. The first-order valence-electron chi connectivity index (χ1n) is 4.10. The topological polar surface area (TPSA) is 59.1 Å². The molecule has 0 aliphatic heterocycles. The molecule has 1 aliphatic carbocycles. The normalized spacial score (nSPS) is 16.9. The van der Waals surface area contributed by atoms with Crippen LogP contribution in [-0.4, -0.2) is 18.7 Å². The third kappa shape index (κ3) is 1.98. The summed E-state index contributed by atoms with van der Waals surface area (Å²) in [6, 6.07) is 3.39. The maximum absolute atomic E-state index is 11.4. The summed E-state index contributed by atoms with van der Waals surface area (Å²) in [5, 5.41) is -0.187. The molecule has 4 nitrogen and oxygen atoms in total. The second kappa shape index (κ2) is 2.99. The van der Waals surface area contributed by atoms with Crippen LogP contribution in [0.5, 0.6) is 0 Å². The van der Waals surface area contributed by atoms with E-state index in [0.717, 1.165) is 12.8 Å². The standard InChI is InChI=1S/C8H10N2O2S/c11-13(12,8-3-4-8)10-7-2-1-5-9-6-7/h1-2,5-6,8,10H,3-4H2. The molecule has 1 fully saturated rings. The Morgan fingerprint density at radius 1 is 1.46 bits per heavy atom. The number of hydrogen-bond donors (Lipinski definition) is 1. The Kier molecular flexibility index (Phi) is 1.95. The van der Waals surface area contributed by atoms with Gasteiger partial charge in [0.25, 0.3) is 0 Å². The second-order valence-electron chi connectivity index (χ2n) is 3.09. The Balaban J connectivity index is 2.14. The van der Waals surface area contributed by atoms with Crippen molar-refractivity contribution in [3.8, 4) is 0 Å². The molecular weight excluding hydrogens is 188 g/mol. The van der Waals surface area contributed by atoms with Gasteiger partial charge in [0.15, 0.2) is 0 Å². The number of nitrogens with one attached hydrogen (secondary N) is 1. The van der Waals surface area contributed by atoms with E-state index in [1.807, 2.05) is 0 Å². The van der Waals surface area contributed by atoms with E-state index in [2.05, 4.69) is 9.71 Å². The first kappa shape index (κ1) is 8.50. The lowest BCUT2D eigenvalue weighted by atomic mass is 10.4. The lowest BCUT2D eigenvalue weighted by Gasteiger charge is -2.04. The molecule has 1 N–H and O–H groups in total. The fourth-order valence-corrected chi connectivity index (χ4v) is 2.42. The molecule has 0 bridgehead atoms. The number of aromatic nitrogens is 1. The molecule has 0 aromatic carbocycles. The minimum Gasteiger partial charge on any atom is -0.282 e. The number of sulfonamides is 1. The van der Waals surface area contributed by atoms with Gasteiger partial charge < -0.3 is 0 Å². The first-order valence-corrected chi connectivity index (χ1v) is 5.65. The SMILES string of the molecule is O=S(=O)(Nc1cccnc1)C1CC1. The second-order valence-corrected chi connectivity index (χ2v) is 5.05. The number of anilines is 1. The van der Waals surface area contributed by atoms with E-state index < -0.39 is 10.0 Å². The van der Waals surface area contributed by atoms with Gasteiger partial charge in [0, 0.05) is 6.20 Å². The van der Waals surface area contributed by atoms with E-state index in [9.17, 15) is 8.42 Å². The van der Waals surface area contributed by atoms with Crippen LogP contribution >= 0.6 is 0 Å². The summed E-state index contributed by atoms with van der Waals surface area (Å²) < 4.78 is 25.3. The van der Waals surface area contributed by atoms with Gasteiger partial charge in [0.05, 0.1) is 17.1 Å². The van der Waals surface area contributed by atoms with Gasteiger partial charge in [0.2, 0.25) is 10.0 Å². The van der Waals surface area contributed by atoms with Crippen LogP contribution in [-0.2, 0) is 10.0 Å². The smallest absolute Gasteiger partial charge is 0.235 e. The van der Waals surface area contributed by atoms with Crippen LogP contribution < -0.4 is 4.72 Å². The lowest BCUT2D eigenvalue weighted by Crippen LogP contribution is -2.17. The van der Waals surface area contributed by atoms with Crippen LogP contribution in [0, 0.1) is 0 Å². The molecule has 0 radical (unpaired) electrons. The molecule has 1 aliphatic rings. The highest BCUT2D eigenvalue weighted by Crippen LogP contribution is 2.29. The Hall–Kier alpha value is -1.10. The maximum atomic E-state index is 11.4. The zero-order valence-electron chi connectivity index (χ0n) is 6.97. The highest BCUT2D eigenvalue weighted by atomic mass is 32.2. The summed E-state index contributed by atoms with van der Waals surface area (Å²) in [4.78, 5) is 3.82. The van der Waals surface area contributed by atoms with Crippen molar-refractivity contribution in [2.24, 2.45) is 0 Å². The molecular formula is C8H10N2O2S. The Morgan fingerprint density at radius 2 is 2.23 bits per heavy atom. The number of nitrogens with zero attached hydrogens (tertiary/aromatic N) is 1. The Morgan fingerprint density at radius 3 is 2.77 bits per heavy atom. The van der Waals surface area contributed by atoms with Gasteiger partial charge in [-0.15, -0.1) is 0 Å². The molecule has 13 heavy (non-hydrogen) atoms. The van der Waals surface area contributed by atoms with Crippen molar-refractivity contribution in [3.05, 3.63) is 24.5 Å². The van der Waals surface area contributed by atoms with Gasteiger partial charge >= 0.3 is 0 Å². The van der Waals surface area contributed by atoms with Crippen LogP contribution in [0.3, 0.4) is 0 Å². The number of hydrogen-bond acceptors (Lipinski definition) is 3. The van der Waals surface area contributed by atoms with Gasteiger partial charge in [-0.1, -0.05) is 0 Å². The monoisotopic (exact) mass is 198 g/mol. The van der Waals surface area contributed by atoms with Crippen LogP contribution in [0.4, 0.5) is 5.69 Å². The van der Waals surface area contributed by atoms with Crippen molar-refractivity contribution in [1.29, 1.82) is 0 Å². The number of pyridine rings is 1. The fraction of sp³-hybridized carbons (Fsp3) is 0.375. The largest absolute Gasteiger partial charge is 0.282 e. The summed E-state index contributed by atoms with van der Waals surface area (Å²) in [5.41, 5.74) is 0.536. The predicted molar refractivity (Wildman–Crippen MR) is 49.8 cm³/mol. The molecule has 1 heterocycles. The molecule has 0 atom stereocenters. The van der Waals surface area contributed by atoms with E-state index in [4.69, 9.17) is 0 Å². The summed E-state index contributed by atoms with van der Waals surface area (Å²) in [5.74, 6) is 0. The van der Waals surface area contributed by atoms with Gasteiger partial charge in [-0.2, -0.15) is 0 Å². The lowest BCUT2D eigenvalue weighted by molar-refractivity contribution is 0.600. The number of rotatable bonds is 3. The highest BCUT2D eigenvalue weighted by molar-refractivity contribution is 7.93. The average molecular weight is 198 g/mol. The molecule has 5 heteroatoms. The van der Waals surface area contributed by atoms with E-state index in [1.54, 1.807) is 18.3 Å². The van der Waals surface area contributed by atoms with Crippen LogP contribution in [0.1, 0.15) is 12.8 Å². The van der Waals surface area contributed by atoms with E-state index >= 15 is 0 Å². The Bertz CT molecular complexity index is 384. The van der Waals surface area contributed by atoms with Crippen LogP contribution in [0.25, 0.3) is 0 Å². The maximum Gasteiger partial charge on any atom is 0.235 e. The minimum atomic E-state index is -3.13. The predicted octanol–water partition coefficient (Wildman–Crippen LogP) is 0.986. The summed E-state index contributed by atoms with van der Waals surface area (Å²) in [7, 11) is -3.13. The molecule has 0 spiro atoms. The molecule has 1 aromatic heterocycles. The van der Waals surface area contributed by atoms with E-state index in [-0.39, 0.29) is 5.25 Å². The molecule has 70 valence electrons. The molecule has 1 aromatic rings. The van der Waals surface area contributed by atoms with Gasteiger partial charge in [-0.05, 0) is 25.0 Å². The average Bonchev–Trinajstić information content (AvgIpc) is 2.87. The fourth-order valence-electron chi connectivity index (χ4n) is 1.05. The third-order valence-electron chi connectivity index (χ3n) is 1.88. The van der Waals surface area contributed by atoms with Crippen molar-refractivity contribution in [3.63, 3.8) is 0 Å². The van der Waals surface area contributed by atoms with E-state index in [0.29, 0.717) is 5.69 Å². The molecule has 2 rings (SSSR count).